The third-order valence-electron chi connectivity index (χ3n) is 3.39. The molecule has 0 amide bonds. The van der Waals surface area contributed by atoms with Gasteiger partial charge in [-0.2, -0.15) is 0 Å². The summed E-state index contributed by atoms with van der Waals surface area (Å²) in [4.78, 5) is 23.2. The van der Waals surface area contributed by atoms with Gasteiger partial charge in [0.15, 0.2) is 0 Å². The van der Waals surface area contributed by atoms with Crippen molar-refractivity contribution in [3.05, 3.63) is 53.6 Å². The summed E-state index contributed by atoms with van der Waals surface area (Å²) in [7, 11) is 0. The molecule has 2 rings (SSSR count). The maximum atomic E-state index is 12.3. The van der Waals surface area contributed by atoms with Crippen molar-refractivity contribution < 1.29 is 24.2 Å². The lowest BCUT2D eigenvalue weighted by Crippen LogP contribution is -2.14. The minimum absolute atomic E-state index is 0.00696. The van der Waals surface area contributed by atoms with E-state index >= 15 is 0 Å². The summed E-state index contributed by atoms with van der Waals surface area (Å²) in [6.45, 7) is 3.79. The van der Waals surface area contributed by atoms with E-state index in [-0.39, 0.29) is 17.9 Å². The summed E-state index contributed by atoms with van der Waals surface area (Å²) in [5.41, 5.74) is 2.66. The van der Waals surface area contributed by atoms with E-state index in [9.17, 15) is 9.59 Å². The van der Waals surface area contributed by atoms with Crippen molar-refractivity contribution >= 4 is 12.1 Å². The van der Waals surface area contributed by atoms with Gasteiger partial charge < -0.3 is 14.6 Å². The Labute approximate surface area is 134 Å². The molecule has 0 bridgehead atoms. The molecule has 0 saturated carbocycles. The van der Waals surface area contributed by atoms with Gasteiger partial charge in [0, 0.05) is 0 Å². The van der Waals surface area contributed by atoms with Crippen LogP contribution < -0.4 is 4.74 Å². The van der Waals surface area contributed by atoms with Gasteiger partial charge in [0.2, 0.25) is 0 Å². The van der Waals surface area contributed by atoms with Crippen molar-refractivity contribution in [1.29, 1.82) is 0 Å². The SMILES string of the molecule is CCOC(=O)c1c(OC(=O)O)ccc(-c2ccccc2)c1CC. The first-order chi connectivity index (χ1) is 11.1. The zero-order chi connectivity index (χ0) is 16.8. The van der Waals surface area contributed by atoms with E-state index in [0.717, 1.165) is 11.1 Å². The maximum absolute atomic E-state index is 12.3. The van der Waals surface area contributed by atoms with Crippen LogP contribution in [-0.2, 0) is 11.2 Å². The summed E-state index contributed by atoms with van der Waals surface area (Å²) in [6, 6.07) is 12.8. The Kier molecular flexibility index (Phi) is 5.36. The fraction of sp³-hybridized carbons (Fsp3) is 0.222. The summed E-state index contributed by atoms with van der Waals surface area (Å²) in [5.74, 6) is -0.592. The molecule has 0 spiro atoms. The van der Waals surface area contributed by atoms with E-state index in [0.29, 0.717) is 12.0 Å². The van der Waals surface area contributed by atoms with Crippen LogP contribution in [0.15, 0.2) is 42.5 Å². The lowest BCUT2D eigenvalue weighted by atomic mass is 9.93. The molecule has 5 heteroatoms. The molecule has 0 unspecified atom stereocenters. The monoisotopic (exact) mass is 314 g/mol. The van der Waals surface area contributed by atoms with E-state index in [4.69, 9.17) is 14.6 Å². The average Bonchev–Trinajstić information content (AvgIpc) is 2.54. The summed E-state index contributed by atoms with van der Waals surface area (Å²) >= 11 is 0. The van der Waals surface area contributed by atoms with Crippen molar-refractivity contribution in [3.8, 4) is 16.9 Å². The van der Waals surface area contributed by atoms with E-state index in [2.05, 4.69) is 0 Å². The quantitative estimate of drug-likeness (QED) is 0.663. The van der Waals surface area contributed by atoms with Gasteiger partial charge in [0.1, 0.15) is 11.3 Å². The third-order valence-corrected chi connectivity index (χ3v) is 3.39. The number of carbonyl (C=O) groups excluding carboxylic acids is 1. The van der Waals surface area contributed by atoms with Crippen LogP contribution in [-0.4, -0.2) is 23.8 Å². The molecular formula is C18H18O5. The third kappa shape index (κ3) is 3.69. The number of esters is 1. The predicted octanol–water partition coefficient (Wildman–Crippen LogP) is 4.15. The van der Waals surface area contributed by atoms with Crippen molar-refractivity contribution in [2.45, 2.75) is 20.3 Å². The van der Waals surface area contributed by atoms with Crippen LogP contribution in [0, 0.1) is 0 Å². The topological polar surface area (TPSA) is 72.8 Å². The van der Waals surface area contributed by atoms with Crippen LogP contribution in [0.25, 0.3) is 11.1 Å². The van der Waals surface area contributed by atoms with Crippen molar-refractivity contribution in [2.75, 3.05) is 6.61 Å². The van der Waals surface area contributed by atoms with Crippen molar-refractivity contribution in [2.24, 2.45) is 0 Å². The molecule has 0 aromatic heterocycles. The molecule has 1 N–H and O–H groups in total. The highest BCUT2D eigenvalue weighted by Gasteiger charge is 2.23. The Morgan fingerprint density at radius 1 is 1.04 bits per heavy atom. The average molecular weight is 314 g/mol. The first-order valence-electron chi connectivity index (χ1n) is 7.37. The molecule has 0 atom stereocenters. The Morgan fingerprint density at radius 2 is 1.74 bits per heavy atom. The van der Waals surface area contributed by atoms with Crippen molar-refractivity contribution in [1.82, 2.24) is 0 Å². The standard InChI is InChI=1S/C18H18O5/c1-3-13-14(12-8-6-5-7-9-12)10-11-15(23-18(20)21)16(13)17(19)22-4-2/h5-11H,3-4H2,1-2H3,(H,20,21). The lowest BCUT2D eigenvalue weighted by Gasteiger charge is -2.16. The van der Waals surface area contributed by atoms with Crippen LogP contribution in [0.5, 0.6) is 5.75 Å². The Balaban J connectivity index is 2.65. The number of ether oxygens (including phenoxy) is 2. The first kappa shape index (κ1) is 16.5. The molecule has 0 aliphatic rings. The van der Waals surface area contributed by atoms with Crippen LogP contribution in [0.1, 0.15) is 29.8 Å². The fourth-order valence-corrected chi connectivity index (χ4v) is 2.49. The highest BCUT2D eigenvalue weighted by atomic mass is 16.7. The summed E-state index contributed by atoms with van der Waals surface area (Å²) in [6.07, 6.45) is -0.931. The normalized spacial score (nSPS) is 10.2. The first-order valence-corrected chi connectivity index (χ1v) is 7.37. The lowest BCUT2D eigenvalue weighted by molar-refractivity contribution is 0.0521. The number of rotatable bonds is 5. The van der Waals surface area contributed by atoms with E-state index in [1.54, 1.807) is 13.0 Å². The number of hydrogen-bond donors (Lipinski definition) is 1. The zero-order valence-electron chi connectivity index (χ0n) is 13.0. The molecule has 0 radical (unpaired) electrons. The summed E-state index contributed by atoms with van der Waals surface area (Å²) in [5, 5.41) is 8.88. The number of hydrogen-bond acceptors (Lipinski definition) is 4. The van der Waals surface area contributed by atoms with E-state index in [1.807, 2.05) is 37.3 Å². The Hall–Kier alpha value is -2.82. The van der Waals surface area contributed by atoms with Crippen LogP contribution in [0.4, 0.5) is 4.79 Å². The summed E-state index contributed by atoms with van der Waals surface area (Å²) < 4.78 is 9.83. The van der Waals surface area contributed by atoms with Gasteiger partial charge in [-0.05, 0) is 36.1 Å². The molecule has 0 fully saturated rings. The molecule has 0 saturated heterocycles. The second-order valence-corrected chi connectivity index (χ2v) is 4.77. The second kappa shape index (κ2) is 7.45. The Morgan fingerprint density at radius 3 is 2.30 bits per heavy atom. The van der Waals surface area contributed by atoms with Gasteiger partial charge in [-0.3, -0.25) is 0 Å². The minimum atomic E-state index is -1.47. The van der Waals surface area contributed by atoms with Gasteiger partial charge in [-0.25, -0.2) is 9.59 Å². The smallest absolute Gasteiger partial charge is 0.462 e. The largest absolute Gasteiger partial charge is 0.511 e. The van der Waals surface area contributed by atoms with Gasteiger partial charge in [-0.1, -0.05) is 43.3 Å². The molecule has 0 heterocycles. The van der Waals surface area contributed by atoms with Gasteiger partial charge in [-0.15, -0.1) is 0 Å². The van der Waals surface area contributed by atoms with Gasteiger partial charge in [0.25, 0.3) is 0 Å². The van der Waals surface area contributed by atoms with Crippen LogP contribution in [0.3, 0.4) is 0 Å². The molecule has 5 nitrogen and oxygen atoms in total. The molecule has 23 heavy (non-hydrogen) atoms. The minimum Gasteiger partial charge on any atom is -0.462 e. The van der Waals surface area contributed by atoms with Crippen LogP contribution >= 0.6 is 0 Å². The van der Waals surface area contributed by atoms with Gasteiger partial charge >= 0.3 is 12.1 Å². The fourth-order valence-electron chi connectivity index (χ4n) is 2.49. The number of carboxylic acid groups (broad SMARTS) is 1. The van der Waals surface area contributed by atoms with Crippen molar-refractivity contribution in [3.63, 3.8) is 0 Å². The highest BCUT2D eigenvalue weighted by molar-refractivity contribution is 5.97. The highest BCUT2D eigenvalue weighted by Crippen LogP contribution is 2.33. The number of benzene rings is 2. The molecule has 0 aliphatic carbocycles. The van der Waals surface area contributed by atoms with Crippen LogP contribution in [0.2, 0.25) is 0 Å². The molecular weight excluding hydrogens is 296 g/mol. The van der Waals surface area contributed by atoms with E-state index in [1.165, 1.54) is 6.07 Å². The Bertz CT molecular complexity index is 707. The van der Waals surface area contributed by atoms with Gasteiger partial charge in [0.05, 0.1) is 6.61 Å². The molecule has 2 aromatic carbocycles. The maximum Gasteiger partial charge on any atom is 0.511 e. The molecule has 120 valence electrons. The molecule has 0 aliphatic heterocycles. The predicted molar refractivity (Wildman–Crippen MR) is 85.9 cm³/mol. The molecule has 2 aromatic rings. The second-order valence-electron chi connectivity index (χ2n) is 4.77. The number of carbonyl (C=O) groups is 2. The van der Waals surface area contributed by atoms with E-state index < -0.39 is 12.1 Å². The zero-order valence-corrected chi connectivity index (χ0v) is 13.0.